The molecule has 2 aromatic heterocycles. The van der Waals surface area contributed by atoms with Gasteiger partial charge in [0.15, 0.2) is 0 Å². The molecule has 0 radical (unpaired) electrons. The molecule has 0 aliphatic carbocycles. The van der Waals surface area contributed by atoms with Crippen molar-refractivity contribution in [3.8, 4) is 5.69 Å². The molecule has 6 nitrogen and oxygen atoms in total. The van der Waals surface area contributed by atoms with Gasteiger partial charge >= 0.3 is 0 Å². The lowest BCUT2D eigenvalue weighted by atomic mass is 10.2. The normalized spacial score (nSPS) is 10.6. The van der Waals surface area contributed by atoms with E-state index < -0.39 is 0 Å². The van der Waals surface area contributed by atoms with Gasteiger partial charge in [-0.3, -0.25) is 9.59 Å². The second-order valence-electron chi connectivity index (χ2n) is 6.34. The highest BCUT2D eigenvalue weighted by atomic mass is 32.1. The predicted molar refractivity (Wildman–Crippen MR) is 108 cm³/mol. The lowest BCUT2D eigenvalue weighted by Gasteiger charge is -2.09. The van der Waals surface area contributed by atoms with Crippen molar-refractivity contribution in [2.75, 3.05) is 11.9 Å². The van der Waals surface area contributed by atoms with Gasteiger partial charge in [-0.05, 0) is 43.8 Å². The predicted octanol–water partition coefficient (Wildman–Crippen LogP) is 3.70. The first-order chi connectivity index (χ1) is 13.0. The van der Waals surface area contributed by atoms with Crippen LogP contribution in [0.5, 0.6) is 0 Å². The van der Waals surface area contributed by atoms with Crippen molar-refractivity contribution in [1.82, 2.24) is 15.1 Å². The summed E-state index contributed by atoms with van der Waals surface area (Å²) in [5.41, 5.74) is 3.54. The number of hydrogen-bond donors (Lipinski definition) is 2. The fraction of sp³-hybridized carbons (Fsp3) is 0.250. The van der Waals surface area contributed by atoms with Gasteiger partial charge in [0.25, 0.3) is 5.91 Å². The van der Waals surface area contributed by atoms with Crippen LogP contribution in [0.1, 0.15) is 34.5 Å². The van der Waals surface area contributed by atoms with Crippen molar-refractivity contribution >= 4 is 29.0 Å². The molecule has 0 aliphatic rings. The molecule has 2 heterocycles. The fourth-order valence-electron chi connectivity index (χ4n) is 2.62. The van der Waals surface area contributed by atoms with Crippen molar-refractivity contribution in [3.63, 3.8) is 0 Å². The Kier molecular flexibility index (Phi) is 6.03. The fourth-order valence-corrected chi connectivity index (χ4v) is 3.26. The van der Waals surface area contributed by atoms with Crippen LogP contribution in [-0.4, -0.2) is 28.1 Å². The number of carbonyl (C=O) groups excluding carboxylic acids is 2. The number of aromatic nitrogens is 2. The summed E-state index contributed by atoms with van der Waals surface area (Å²) in [6.07, 6.45) is 0.890. The number of amides is 2. The van der Waals surface area contributed by atoms with Gasteiger partial charge in [-0.15, -0.1) is 0 Å². The quantitative estimate of drug-likeness (QED) is 0.612. The second kappa shape index (κ2) is 8.64. The van der Waals surface area contributed by atoms with Gasteiger partial charge in [0.05, 0.1) is 11.4 Å². The highest BCUT2D eigenvalue weighted by molar-refractivity contribution is 7.08. The first kappa shape index (κ1) is 18.8. The number of hydrogen-bond acceptors (Lipinski definition) is 4. The van der Waals surface area contributed by atoms with Crippen molar-refractivity contribution in [2.24, 2.45) is 0 Å². The standard InChI is InChI=1S/C20H22N4O2S/c1-14-5-7-17(8-6-14)24-18(12-15(2)23-24)22-19(25)4-3-10-21-20(26)16-9-11-27-13-16/h5-9,11-13H,3-4,10H2,1-2H3,(H,21,26)(H,22,25). The molecule has 2 N–H and O–H groups in total. The highest BCUT2D eigenvalue weighted by Gasteiger charge is 2.11. The Bertz CT molecular complexity index is 914. The van der Waals surface area contributed by atoms with E-state index in [1.54, 1.807) is 16.1 Å². The van der Waals surface area contributed by atoms with Crippen LogP contribution < -0.4 is 10.6 Å². The van der Waals surface area contributed by atoms with Crippen molar-refractivity contribution < 1.29 is 9.59 Å². The number of anilines is 1. The van der Waals surface area contributed by atoms with E-state index in [1.165, 1.54) is 11.3 Å². The molecule has 3 rings (SSSR count). The summed E-state index contributed by atoms with van der Waals surface area (Å²) in [4.78, 5) is 24.1. The van der Waals surface area contributed by atoms with Crippen molar-refractivity contribution in [1.29, 1.82) is 0 Å². The molecular formula is C20H22N4O2S. The van der Waals surface area contributed by atoms with Crippen LogP contribution in [0.15, 0.2) is 47.2 Å². The number of nitrogens with one attached hydrogen (secondary N) is 2. The molecule has 0 atom stereocenters. The average Bonchev–Trinajstić information content (AvgIpc) is 3.29. The van der Waals surface area contributed by atoms with Gasteiger partial charge in [-0.25, -0.2) is 4.68 Å². The lowest BCUT2D eigenvalue weighted by Crippen LogP contribution is -2.25. The summed E-state index contributed by atoms with van der Waals surface area (Å²) in [5, 5.41) is 13.9. The Hall–Kier alpha value is -2.93. The third kappa shape index (κ3) is 5.04. The number of rotatable bonds is 7. The van der Waals surface area contributed by atoms with E-state index in [4.69, 9.17) is 0 Å². The summed E-state index contributed by atoms with van der Waals surface area (Å²) < 4.78 is 1.73. The summed E-state index contributed by atoms with van der Waals surface area (Å²) in [6.45, 7) is 4.37. The van der Waals surface area contributed by atoms with Crippen molar-refractivity contribution in [2.45, 2.75) is 26.7 Å². The van der Waals surface area contributed by atoms with Gasteiger partial charge in [0.2, 0.25) is 5.91 Å². The number of thiophene rings is 1. The summed E-state index contributed by atoms with van der Waals surface area (Å²) in [6, 6.07) is 11.6. The molecule has 140 valence electrons. The largest absolute Gasteiger partial charge is 0.352 e. The number of nitrogens with zero attached hydrogens (tertiary/aromatic N) is 2. The van der Waals surface area contributed by atoms with Crippen LogP contribution in [0.25, 0.3) is 5.69 Å². The van der Waals surface area contributed by atoms with E-state index in [1.807, 2.05) is 49.6 Å². The third-order valence-electron chi connectivity index (χ3n) is 4.03. The molecule has 1 aromatic carbocycles. The van der Waals surface area contributed by atoms with Gasteiger partial charge in [-0.2, -0.15) is 16.4 Å². The van der Waals surface area contributed by atoms with Gasteiger partial charge in [0.1, 0.15) is 5.82 Å². The minimum atomic E-state index is -0.107. The van der Waals surface area contributed by atoms with E-state index in [0.29, 0.717) is 30.8 Å². The molecule has 0 saturated heterocycles. The van der Waals surface area contributed by atoms with Crippen LogP contribution in [0.2, 0.25) is 0 Å². The summed E-state index contributed by atoms with van der Waals surface area (Å²) >= 11 is 1.48. The zero-order valence-corrected chi connectivity index (χ0v) is 16.2. The number of benzene rings is 1. The average molecular weight is 382 g/mol. The Morgan fingerprint density at radius 3 is 2.63 bits per heavy atom. The molecule has 0 fully saturated rings. The number of aryl methyl sites for hydroxylation is 2. The first-order valence-electron chi connectivity index (χ1n) is 8.77. The number of carbonyl (C=O) groups is 2. The zero-order valence-electron chi connectivity index (χ0n) is 15.4. The van der Waals surface area contributed by atoms with Crippen LogP contribution >= 0.6 is 11.3 Å². The molecule has 0 unspecified atom stereocenters. The van der Waals surface area contributed by atoms with E-state index in [9.17, 15) is 9.59 Å². The Morgan fingerprint density at radius 2 is 1.93 bits per heavy atom. The summed E-state index contributed by atoms with van der Waals surface area (Å²) in [7, 11) is 0. The lowest BCUT2D eigenvalue weighted by molar-refractivity contribution is -0.116. The molecule has 7 heteroatoms. The van der Waals surface area contributed by atoms with Gasteiger partial charge in [0, 0.05) is 30.0 Å². The third-order valence-corrected chi connectivity index (χ3v) is 4.71. The zero-order chi connectivity index (χ0) is 19.2. The molecule has 0 saturated carbocycles. The van der Waals surface area contributed by atoms with Gasteiger partial charge < -0.3 is 10.6 Å². The smallest absolute Gasteiger partial charge is 0.252 e. The molecule has 27 heavy (non-hydrogen) atoms. The maximum atomic E-state index is 12.3. The topological polar surface area (TPSA) is 76.0 Å². The second-order valence-corrected chi connectivity index (χ2v) is 7.12. The minimum Gasteiger partial charge on any atom is -0.352 e. The minimum absolute atomic E-state index is 0.104. The van der Waals surface area contributed by atoms with Crippen LogP contribution in [0.4, 0.5) is 5.82 Å². The first-order valence-corrected chi connectivity index (χ1v) is 9.71. The Morgan fingerprint density at radius 1 is 1.15 bits per heavy atom. The van der Waals surface area contributed by atoms with Crippen LogP contribution in [0.3, 0.4) is 0 Å². The Labute approximate surface area is 162 Å². The van der Waals surface area contributed by atoms with Gasteiger partial charge in [-0.1, -0.05) is 17.7 Å². The Balaban J connectivity index is 1.52. The van der Waals surface area contributed by atoms with Crippen LogP contribution in [-0.2, 0) is 4.79 Å². The molecular weight excluding hydrogens is 360 g/mol. The molecule has 0 aliphatic heterocycles. The SMILES string of the molecule is Cc1ccc(-n2nc(C)cc2NC(=O)CCCNC(=O)c2ccsc2)cc1. The van der Waals surface area contributed by atoms with E-state index in [-0.39, 0.29) is 11.8 Å². The molecule has 2 amide bonds. The molecule has 3 aromatic rings. The molecule has 0 bridgehead atoms. The monoisotopic (exact) mass is 382 g/mol. The maximum Gasteiger partial charge on any atom is 0.252 e. The molecule has 0 spiro atoms. The van der Waals surface area contributed by atoms with E-state index in [0.717, 1.165) is 16.9 Å². The highest BCUT2D eigenvalue weighted by Crippen LogP contribution is 2.18. The summed E-state index contributed by atoms with van der Waals surface area (Å²) in [5.74, 6) is 0.432. The maximum absolute atomic E-state index is 12.3. The van der Waals surface area contributed by atoms with E-state index in [2.05, 4.69) is 15.7 Å². The van der Waals surface area contributed by atoms with E-state index >= 15 is 0 Å². The van der Waals surface area contributed by atoms with Crippen molar-refractivity contribution in [3.05, 3.63) is 64.0 Å². The van der Waals surface area contributed by atoms with Crippen LogP contribution in [0, 0.1) is 13.8 Å².